The van der Waals surface area contributed by atoms with E-state index in [1.54, 1.807) is 54.8 Å². The largest absolute Gasteiger partial charge is 0.444 e. The van der Waals surface area contributed by atoms with Gasteiger partial charge in [-0.3, -0.25) is 4.79 Å². The highest BCUT2D eigenvalue weighted by Crippen LogP contribution is 2.25. The number of pyridine rings is 1. The Kier molecular flexibility index (Phi) is 9.21. The molecule has 8 nitrogen and oxygen atoms in total. The Balaban J connectivity index is 1.91. The van der Waals surface area contributed by atoms with Crippen LogP contribution >= 0.6 is 11.3 Å². The maximum Gasteiger partial charge on any atom is 0.421 e. The number of hydrogen-bond acceptors (Lipinski definition) is 8. The van der Waals surface area contributed by atoms with Crippen molar-refractivity contribution in [1.82, 2.24) is 14.5 Å². The van der Waals surface area contributed by atoms with E-state index in [2.05, 4.69) is 9.88 Å². The van der Waals surface area contributed by atoms with E-state index in [1.807, 2.05) is 27.7 Å². The van der Waals surface area contributed by atoms with Crippen molar-refractivity contribution in [2.75, 3.05) is 19.6 Å². The molecule has 0 fully saturated rings. The number of ether oxygens (including phenoxy) is 1. The molecule has 0 saturated heterocycles. The van der Waals surface area contributed by atoms with Crippen molar-refractivity contribution in [3.8, 4) is 11.3 Å². The molecule has 2 aromatic heterocycles. The lowest BCUT2D eigenvalue weighted by molar-refractivity contribution is 0.0820. The lowest BCUT2D eigenvalue weighted by Gasteiger charge is -2.23. The van der Waals surface area contributed by atoms with E-state index in [-0.39, 0.29) is 22.1 Å². The summed E-state index contributed by atoms with van der Waals surface area (Å²) in [4.78, 5) is 33.4. The van der Waals surface area contributed by atoms with Crippen molar-refractivity contribution in [3.05, 3.63) is 68.9 Å². The summed E-state index contributed by atoms with van der Waals surface area (Å²) in [5, 5.41) is 2.00. The van der Waals surface area contributed by atoms with Crippen LogP contribution in [0.15, 0.2) is 57.5 Å². The zero-order valence-corrected chi connectivity index (χ0v) is 22.9. The van der Waals surface area contributed by atoms with Crippen molar-refractivity contribution in [2.45, 2.75) is 57.3 Å². The molecule has 2 heterocycles. The van der Waals surface area contributed by atoms with Crippen molar-refractivity contribution in [1.29, 1.82) is 0 Å². The molecule has 0 spiro atoms. The molecule has 194 valence electrons. The minimum atomic E-state index is -3.57. The van der Waals surface area contributed by atoms with Crippen LogP contribution in [0.1, 0.15) is 51.2 Å². The van der Waals surface area contributed by atoms with Crippen LogP contribution in [0.5, 0.6) is 0 Å². The standard InChI is InChI=1S/C26H33N3O5S2/c1-6-28(7-2)15-19(5)34-26(31)29-23(18(3)4)14-13-21(25(29)30)22-16-35-24(27-22)17-36(32,33)20-11-9-8-10-12-20/h8-14,16,18-19H,6-7,15,17H2,1-5H3. The lowest BCUT2D eigenvalue weighted by atomic mass is 10.1. The lowest BCUT2D eigenvalue weighted by Crippen LogP contribution is -2.38. The molecule has 0 N–H and O–H groups in total. The van der Waals surface area contributed by atoms with E-state index in [4.69, 9.17) is 4.74 Å². The molecule has 1 unspecified atom stereocenters. The molecular weight excluding hydrogens is 498 g/mol. The van der Waals surface area contributed by atoms with Gasteiger partial charge >= 0.3 is 6.09 Å². The second kappa shape index (κ2) is 11.9. The van der Waals surface area contributed by atoms with Gasteiger partial charge in [-0.15, -0.1) is 11.3 Å². The maximum atomic E-state index is 13.5. The highest BCUT2D eigenvalue weighted by molar-refractivity contribution is 7.90. The van der Waals surface area contributed by atoms with Crippen molar-refractivity contribution in [3.63, 3.8) is 0 Å². The van der Waals surface area contributed by atoms with Crippen LogP contribution in [0.25, 0.3) is 11.3 Å². The van der Waals surface area contributed by atoms with Gasteiger partial charge in [0.15, 0.2) is 9.84 Å². The number of benzene rings is 1. The molecule has 0 saturated carbocycles. The minimum Gasteiger partial charge on any atom is -0.444 e. The predicted octanol–water partition coefficient (Wildman–Crippen LogP) is 4.78. The highest BCUT2D eigenvalue weighted by atomic mass is 32.2. The third-order valence-electron chi connectivity index (χ3n) is 5.84. The fraction of sp³-hybridized carbons (Fsp3) is 0.423. The second-order valence-electron chi connectivity index (χ2n) is 8.85. The molecule has 3 rings (SSSR count). The summed E-state index contributed by atoms with van der Waals surface area (Å²) in [6.07, 6.45) is -1.13. The van der Waals surface area contributed by atoms with Crippen LogP contribution in [0.2, 0.25) is 0 Å². The molecule has 1 atom stereocenters. The molecule has 0 amide bonds. The third kappa shape index (κ3) is 6.48. The van der Waals surface area contributed by atoms with E-state index in [0.717, 1.165) is 29.0 Å². The Hall–Kier alpha value is -2.82. The van der Waals surface area contributed by atoms with Gasteiger partial charge in [-0.05, 0) is 50.2 Å². The topological polar surface area (TPSA) is 98.6 Å². The minimum absolute atomic E-state index is 0.0978. The number of aromatic nitrogens is 2. The Morgan fingerprint density at radius 2 is 1.75 bits per heavy atom. The summed E-state index contributed by atoms with van der Waals surface area (Å²) >= 11 is 1.16. The average Bonchev–Trinajstić information content (AvgIpc) is 3.29. The maximum absolute atomic E-state index is 13.5. The third-order valence-corrected chi connectivity index (χ3v) is 8.52. The summed E-state index contributed by atoms with van der Waals surface area (Å²) in [6, 6.07) is 11.5. The number of hydrogen-bond donors (Lipinski definition) is 0. The number of rotatable bonds is 10. The van der Waals surface area contributed by atoms with Crippen molar-refractivity contribution >= 4 is 27.3 Å². The van der Waals surface area contributed by atoms with Gasteiger partial charge < -0.3 is 9.64 Å². The molecule has 0 aliphatic heterocycles. The predicted molar refractivity (Wildman–Crippen MR) is 142 cm³/mol. The molecule has 0 radical (unpaired) electrons. The molecule has 0 bridgehead atoms. The van der Waals surface area contributed by atoms with Gasteiger partial charge in [0.05, 0.1) is 16.2 Å². The Morgan fingerprint density at radius 1 is 1.08 bits per heavy atom. The SMILES string of the molecule is CCN(CC)CC(C)OC(=O)n1c(C(C)C)ccc(-c2csc(CS(=O)(=O)c3ccccc3)n2)c1=O. The van der Waals surface area contributed by atoms with Crippen LogP contribution in [0, 0.1) is 0 Å². The van der Waals surface area contributed by atoms with E-state index >= 15 is 0 Å². The van der Waals surface area contributed by atoms with Gasteiger partial charge in [0.1, 0.15) is 16.9 Å². The second-order valence-corrected chi connectivity index (χ2v) is 11.8. The summed E-state index contributed by atoms with van der Waals surface area (Å²) in [5.41, 5.74) is 0.540. The van der Waals surface area contributed by atoms with Crippen LogP contribution in [0.3, 0.4) is 0 Å². The Bertz CT molecular complexity index is 1340. The van der Waals surface area contributed by atoms with E-state index in [1.165, 1.54) is 0 Å². The number of likely N-dealkylation sites (N-methyl/N-ethyl adjacent to an activating group) is 1. The van der Waals surface area contributed by atoms with E-state index in [0.29, 0.717) is 22.9 Å². The van der Waals surface area contributed by atoms with Crippen LogP contribution in [-0.2, 0) is 20.3 Å². The fourth-order valence-electron chi connectivity index (χ4n) is 3.87. The fourth-order valence-corrected chi connectivity index (χ4v) is 6.31. The van der Waals surface area contributed by atoms with Crippen LogP contribution < -0.4 is 5.56 Å². The zero-order chi connectivity index (χ0) is 26.5. The zero-order valence-electron chi connectivity index (χ0n) is 21.3. The molecule has 1 aromatic carbocycles. The van der Waals surface area contributed by atoms with Gasteiger partial charge in [-0.2, -0.15) is 0 Å². The number of sulfone groups is 1. The monoisotopic (exact) mass is 531 g/mol. The molecule has 10 heteroatoms. The average molecular weight is 532 g/mol. The first-order chi connectivity index (χ1) is 17.1. The normalized spacial score (nSPS) is 12.8. The summed E-state index contributed by atoms with van der Waals surface area (Å²) in [5.74, 6) is -0.371. The number of carbonyl (C=O) groups excluding carboxylic acids is 1. The van der Waals surface area contributed by atoms with Gasteiger partial charge in [-0.25, -0.2) is 22.8 Å². The number of nitrogens with zero attached hydrogens (tertiary/aromatic N) is 3. The summed E-state index contributed by atoms with van der Waals surface area (Å²) in [7, 11) is -3.57. The molecule has 0 aliphatic carbocycles. The van der Waals surface area contributed by atoms with Gasteiger partial charge in [0.25, 0.3) is 5.56 Å². The van der Waals surface area contributed by atoms with Gasteiger partial charge in [0.2, 0.25) is 0 Å². The number of thiazole rings is 1. The Morgan fingerprint density at radius 3 is 2.36 bits per heavy atom. The van der Waals surface area contributed by atoms with Crippen molar-refractivity contribution < 1.29 is 17.9 Å². The molecule has 36 heavy (non-hydrogen) atoms. The molecule has 0 aliphatic rings. The van der Waals surface area contributed by atoms with Crippen LogP contribution in [-0.4, -0.2) is 54.7 Å². The first-order valence-corrected chi connectivity index (χ1v) is 14.5. The summed E-state index contributed by atoms with van der Waals surface area (Å²) < 4.78 is 32.2. The molecular formula is C26H33N3O5S2. The van der Waals surface area contributed by atoms with E-state index < -0.39 is 27.6 Å². The number of carbonyl (C=O) groups is 1. The summed E-state index contributed by atoms with van der Waals surface area (Å²) in [6.45, 7) is 11.9. The van der Waals surface area contributed by atoms with Gasteiger partial charge in [0, 0.05) is 17.6 Å². The van der Waals surface area contributed by atoms with Crippen molar-refractivity contribution in [2.24, 2.45) is 0 Å². The first-order valence-electron chi connectivity index (χ1n) is 12.0. The first kappa shape index (κ1) is 27.8. The quantitative estimate of drug-likeness (QED) is 0.371. The highest BCUT2D eigenvalue weighted by Gasteiger charge is 2.23. The molecule has 3 aromatic rings. The van der Waals surface area contributed by atoms with E-state index in [9.17, 15) is 18.0 Å². The van der Waals surface area contributed by atoms with Crippen LogP contribution in [0.4, 0.5) is 4.79 Å². The Labute approximate surface area is 216 Å². The smallest absolute Gasteiger partial charge is 0.421 e. The van der Waals surface area contributed by atoms with Gasteiger partial charge in [-0.1, -0.05) is 45.9 Å².